The minimum absolute atomic E-state index is 0.346. The van der Waals surface area contributed by atoms with Crippen molar-refractivity contribution in [2.24, 2.45) is 5.10 Å². The summed E-state index contributed by atoms with van der Waals surface area (Å²) >= 11 is 0. The summed E-state index contributed by atoms with van der Waals surface area (Å²) in [6.07, 6.45) is 5.00. The monoisotopic (exact) mass is 376 g/mol. The molecule has 2 N–H and O–H groups in total. The van der Waals surface area contributed by atoms with E-state index in [9.17, 15) is 4.79 Å². The number of benzene rings is 2. The standard InChI is InChI=1S/C22H24N4O2/c1-2-3-7-14-28-19-12-10-17(11-13-19)16-23-26-22(27)21-15-20(24-25-21)18-8-5-4-6-9-18/h4-6,8-13,15-16H,2-3,7,14H2,1H3,(H,24,25)(H,26,27). The average molecular weight is 376 g/mol. The second-order valence-corrected chi connectivity index (χ2v) is 6.36. The van der Waals surface area contributed by atoms with E-state index in [4.69, 9.17) is 4.74 Å². The van der Waals surface area contributed by atoms with Crippen molar-refractivity contribution in [3.8, 4) is 17.0 Å². The summed E-state index contributed by atoms with van der Waals surface area (Å²) in [5.74, 6) is 0.491. The maximum Gasteiger partial charge on any atom is 0.289 e. The fourth-order valence-corrected chi connectivity index (χ4v) is 2.61. The lowest BCUT2D eigenvalue weighted by atomic mass is 10.1. The molecular weight excluding hydrogens is 352 g/mol. The van der Waals surface area contributed by atoms with Crippen molar-refractivity contribution in [3.63, 3.8) is 0 Å². The largest absolute Gasteiger partial charge is 0.494 e. The Balaban J connectivity index is 1.50. The number of H-pyrrole nitrogens is 1. The molecule has 2 aromatic carbocycles. The summed E-state index contributed by atoms with van der Waals surface area (Å²) in [7, 11) is 0. The summed E-state index contributed by atoms with van der Waals surface area (Å²) in [6.45, 7) is 2.90. The number of nitrogens with one attached hydrogen (secondary N) is 2. The van der Waals surface area contributed by atoms with Gasteiger partial charge in [-0.3, -0.25) is 9.89 Å². The molecule has 1 heterocycles. The Hall–Kier alpha value is -3.41. The Kier molecular flexibility index (Phi) is 6.95. The molecule has 144 valence electrons. The number of hydrazone groups is 1. The normalized spacial score (nSPS) is 10.9. The molecule has 1 aromatic heterocycles. The minimum atomic E-state index is -0.346. The van der Waals surface area contributed by atoms with Crippen LogP contribution in [0.25, 0.3) is 11.3 Å². The summed E-state index contributed by atoms with van der Waals surface area (Å²) in [5, 5.41) is 10.9. The Labute approximate surface area is 164 Å². The fourth-order valence-electron chi connectivity index (χ4n) is 2.61. The SMILES string of the molecule is CCCCCOc1ccc(C=NNC(=O)c2cc(-c3ccccc3)n[nH]2)cc1. The van der Waals surface area contributed by atoms with Gasteiger partial charge in [-0.15, -0.1) is 0 Å². The van der Waals surface area contributed by atoms with E-state index in [1.165, 1.54) is 12.8 Å². The zero-order valence-corrected chi connectivity index (χ0v) is 15.9. The molecule has 6 nitrogen and oxygen atoms in total. The van der Waals surface area contributed by atoms with E-state index in [-0.39, 0.29) is 5.91 Å². The molecule has 0 unspecified atom stereocenters. The van der Waals surface area contributed by atoms with Crippen molar-refractivity contribution in [1.29, 1.82) is 0 Å². The molecule has 0 spiro atoms. The third kappa shape index (κ3) is 5.54. The Morgan fingerprint density at radius 1 is 1.14 bits per heavy atom. The third-order valence-electron chi connectivity index (χ3n) is 4.17. The van der Waals surface area contributed by atoms with Gasteiger partial charge < -0.3 is 4.74 Å². The molecular formula is C22H24N4O2. The third-order valence-corrected chi connectivity index (χ3v) is 4.17. The lowest BCUT2D eigenvalue weighted by Crippen LogP contribution is -2.17. The Bertz CT molecular complexity index is 902. The van der Waals surface area contributed by atoms with E-state index in [0.29, 0.717) is 11.4 Å². The van der Waals surface area contributed by atoms with Gasteiger partial charge in [-0.25, -0.2) is 5.43 Å². The molecule has 0 radical (unpaired) electrons. The molecule has 1 amide bonds. The van der Waals surface area contributed by atoms with E-state index in [1.54, 1.807) is 12.3 Å². The van der Waals surface area contributed by atoms with Gasteiger partial charge in [-0.05, 0) is 42.3 Å². The van der Waals surface area contributed by atoms with Gasteiger partial charge >= 0.3 is 0 Å². The van der Waals surface area contributed by atoms with Gasteiger partial charge in [0.25, 0.3) is 5.91 Å². The van der Waals surface area contributed by atoms with Crippen molar-refractivity contribution in [1.82, 2.24) is 15.6 Å². The highest BCUT2D eigenvalue weighted by molar-refractivity contribution is 5.94. The van der Waals surface area contributed by atoms with E-state index < -0.39 is 0 Å². The highest BCUT2D eigenvalue weighted by Crippen LogP contribution is 2.16. The fraction of sp³-hybridized carbons (Fsp3) is 0.227. The molecule has 0 aliphatic carbocycles. The van der Waals surface area contributed by atoms with Gasteiger partial charge in [-0.1, -0.05) is 50.1 Å². The van der Waals surface area contributed by atoms with Crippen LogP contribution in [-0.4, -0.2) is 28.9 Å². The number of unbranched alkanes of at least 4 members (excludes halogenated alkanes) is 2. The number of aromatic nitrogens is 2. The number of hydrogen-bond acceptors (Lipinski definition) is 4. The predicted molar refractivity (Wildman–Crippen MR) is 111 cm³/mol. The molecule has 0 fully saturated rings. The quantitative estimate of drug-likeness (QED) is 0.330. The second kappa shape index (κ2) is 10.1. The van der Waals surface area contributed by atoms with Gasteiger partial charge in [0, 0.05) is 5.56 Å². The van der Waals surface area contributed by atoms with Crippen molar-refractivity contribution < 1.29 is 9.53 Å². The second-order valence-electron chi connectivity index (χ2n) is 6.36. The van der Waals surface area contributed by atoms with E-state index in [1.807, 2.05) is 54.6 Å². The highest BCUT2D eigenvalue weighted by atomic mass is 16.5. The van der Waals surface area contributed by atoms with Gasteiger partial charge in [0.1, 0.15) is 11.4 Å². The first-order valence-corrected chi connectivity index (χ1v) is 9.43. The van der Waals surface area contributed by atoms with Crippen molar-refractivity contribution in [3.05, 3.63) is 71.9 Å². The molecule has 0 saturated heterocycles. The van der Waals surface area contributed by atoms with Crippen LogP contribution >= 0.6 is 0 Å². The molecule has 3 rings (SSSR count). The number of hydrogen-bond donors (Lipinski definition) is 2. The van der Waals surface area contributed by atoms with Crippen LogP contribution in [0.2, 0.25) is 0 Å². The van der Waals surface area contributed by atoms with Crippen LogP contribution in [0, 0.1) is 0 Å². The van der Waals surface area contributed by atoms with Gasteiger partial charge in [-0.2, -0.15) is 10.2 Å². The summed E-state index contributed by atoms with van der Waals surface area (Å²) in [4.78, 5) is 12.2. The molecule has 0 atom stereocenters. The lowest BCUT2D eigenvalue weighted by Gasteiger charge is -2.05. The number of carbonyl (C=O) groups excluding carboxylic acids is 1. The topological polar surface area (TPSA) is 79.4 Å². The minimum Gasteiger partial charge on any atom is -0.494 e. The Morgan fingerprint density at radius 2 is 1.93 bits per heavy atom. The van der Waals surface area contributed by atoms with Crippen molar-refractivity contribution >= 4 is 12.1 Å². The van der Waals surface area contributed by atoms with Gasteiger partial charge in [0.15, 0.2) is 0 Å². The number of carbonyl (C=O) groups is 1. The number of amides is 1. The van der Waals surface area contributed by atoms with Crippen LogP contribution < -0.4 is 10.2 Å². The summed E-state index contributed by atoms with van der Waals surface area (Å²) in [6, 6.07) is 19.0. The number of aromatic amines is 1. The van der Waals surface area contributed by atoms with Gasteiger partial charge in [0.05, 0.1) is 18.5 Å². The molecule has 0 bridgehead atoms. The highest BCUT2D eigenvalue weighted by Gasteiger charge is 2.09. The first-order chi connectivity index (χ1) is 13.8. The van der Waals surface area contributed by atoms with E-state index in [0.717, 1.165) is 29.9 Å². The first-order valence-electron chi connectivity index (χ1n) is 9.43. The molecule has 0 aliphatic heterocycles. The van der Waals surface area contributed by atoms with Crippen LogP contribution in [0.5, 0.6) is 5.75 Å². The summed E-state index contributed by atoms with van der Waals surface area (Å²) in [5.41, 5.74) is 5.38. The van der Waals surface area contributed by atoms with E-state index >= 15 is 0 Å². The Morgan fingerprint density at radius 3 is 2.68 bits per heavy atom. The van der Waals surface area contributed by atoms with Gasteiger partial charge in [0.2, 0.25) is 0 Å². The molecule has 0 aliphatic rings. The van der Waals surface area contributed by atoms with Crippen LogP contribution in [0.3, 0.4) is 0 Å². The predicted octanol–water partition coefficient (Wildman–Crippen LogP) is 4.41. The van der Waals surface area contributed by atoms with E-state index in [2.05, 4.69) is 27.6 Å². The number of ether oxygens (including phenoxy) is 1. The maximum absolute atomic E-state index is 12.2. The molecule has 0 saturated carbocycles. The average Bonchev–Trinajstić information content (AvgIpc) is 3.23. The number of rotatable bonds is 9. The smallest absolute Gasteiger partial charge is 0.289 e. The van der Waals surface area contributed by atoms with Crippen LogP contribution in [0.1, 0.15) is 42.2 Å². The van der Waals surface area contributed by atoms with Crippen molar-refractivity contribution in [2.75, 3.05) is 6.61 Å². The zero-order chi connectivity index (χ0) is 19.6. The maximum atomic E-state index is 12.2. The van der Waals surface area contributed by atoms with Crippen LogP contribution in [0.4, 0.5) is 0 Å². The zero-order valence-electron chi connectivity index (χ0n) is 15.9. The first kappa shape index (κ1) is 19.4. The lowest BCUT2D eigenvalue weighted by molar-refractivity contribution is 0.0950. The van der Waals surface area contributed by atoms with Crippen molar-refractivity contribution in [2.45, 2.75) is 26.2 Å². The molecule has 6 heteroatoms. The number of nitrogens with zero attached hydrogens (tertiary/aromatic N) is 2. The summed E-state index contributed by atoms with van der Waals surface area (Å²) < 4.78 is 5.68. The molecule has 28 heavy (non-hydrogen) atoms. The van der Waals surface area contributed by atoms with Crippen LogP contribution in [-0.2, 0) is 0 Å². The molecule has 3 aromatic rings. The van der Waals surface area contributed by atoms with Crippen LogP contribution in [0.15, 0.2) is 65.8 Å².